The summed E-state index contributed by atoms with van der Waals surface area (Å²) in [6.45, 7) is 6.93. The lowest BCUT2D eigenvalue weighted by molar-refractivity contribution is 0.0496. The van der Waals surface area contributed by atoms with Crippen molar-refractivity contribution < 1.29 is 27.5 Å². The maximum absolute atomic E-state index is 13.5. The smallest absolute Gasteiger partial charge is 0.408 e. The van der Waals surface area contributed by atoms with Gasteiger partial charge in [0.15, 0.2) is 5.78 Å². The number of hydrogen-bond donors (Lipinski definition) is 3. The maximum atomic E-state index is 13.5. The van der Waals surface area contributed by atoms with E-state index in [1.165, 1.54) is 54.4 Å². The molecule has 45 heavy (non-hydrogen) atoms. The third-order valence-electron chi connectivity index (χ3n) is 7.21. The molecule has 0 saturated heterocycles. The Kier molecular flexibility index (Phi) is 8.15. The predicted octanol–water partition coefficient (Wildman–Crippen LogP) is 3.96. The van der Waals surface area contributed by atoms with E-state index in [4.69, 9.17) is 10.5 Å². The van der Waals surface area contributed by atoms with Crippen LogP contribution in [0.3, 0.4) is 0 Å². The Bertz CT molecular complexity index is 1970. The number of alkyl carbamates (subject to hydrolysis) is 1. The van der Waals surface area contributed by atoms with E-state index in [1.807, 2.05) is 6.07 Å². The molecule has 0 unspecified atom stereocenters. The van der Waals surface area contributed by atoms with Crippen molar-refractivity contribution in [1.29, 1.82) is 0 Å². The average molecular weight is 632 g/mol. The summed E-state index contributed by atoms with van der Waals surface area (Å²) in [5.74, 6) is -0.834. The summed E-state index contributed by atoms with van der Waals surface area (Å²) in [5, 5.41) is 2.49. The van der Waals surface area contributed by atoms with Gasteiger partial charge in [0.1, 0.15) is 5.60 Å². The molecule has 2 amide bonds. The number of nitrogens with two attached hydrogens (primary N) is 1. The quantitative estimate of drug-likeness (QED) is 0.203. The first kappa shape index (κ1) is 31.3. The molecule has 0 saturated carbocycles. The molecule has 4 N–H and O–H groups in total. The van der Waals surface area contributed by atoms with Crippen LogP contribution in [0, 0.1) is 0 Å². The zero-order valence-corrected chi connectivity index (χ0v) is 26.0. The Morgan fingerprint density at radius 2 is 1.73 bits per heavy atom. The van der Waals surface area contributed by atoms with Crippen molar-refractivity contribution in [3.05, 3.63) is 100 Å². The maximum Gasteiger partial charge on any atom is 0.408 e. The van der Waals surface area contributed by atoms with Gasteiger partial charge in [0.05, 0.1) is 28.4 Å². The van der Waals surface area contributed by atoms with Crippen LogP contribution in [0.15, 0.2) is 82.6 Å². The first-order valence-corrected chi connectivity index (χ1v) is 15.6. The summed E-state index contributed by atoms with van der Waals surface area (Å²) in [6.07, 6.45) is 0.900. The minimum Gasteiger partial charge on any atom is -0.444 e. The second-order valence-electron chi connectivity index (χ2n) is 11.7. The first-order chi connectivity index (χ1) is 21.2. The largest absolute Gasteiger partial charge is 0.444 e. The van der Waals surface area contributed by atoms with Crippen LogP contribution in [-0.2, 0) is 21.2 Å². The highest BCUT2D eigenvalue weighted by Gasteiger charge is 2.30. The highest BCUT2D eigenvalue weighted by atomic mass is 32.2. The van der Waals surface area contributed by atoms with E-state index >= 15 is 0 Å². The number of H-pyrrole nitrogens is 1. The lowest BCUT2D eigenvalue weighted by Gasteiger charge is -2.22. The van der Waals surface area contributed by atoms with Crippen molar-refractivity contribution in [3.8, 4) is 11.3 Å². The lowest BCUT2D eigenvalue weighted by atomic mass is 10.0. The molecule has 4 aromatic rings. The van der Waals surface area contributed by atoms with Crippen LogP contribution in [0.1, 0.15) is 54.0 Å². The number of aromatic nitrogens is 2. The topological polar surface area (TPSA) is 174 Å². The highest BCUT2D eigenvalue weighted by Crippen LogP contribution is 2.33. The number of aromatic amines is 1. The Hall–Kier alpha value is -5.17. The number of benzene rings is 3. The van der Waals surface area contributed by atoms with Crippen molar-refractivity contribution in [2.75, 3.05) is 17.2 Å². The zero-order valence-electron chi connectivity index (χ0n) is 25.2. The second kappa shape index (κ2) is 11.7. The summed E-state index contributed by atoms with van der Waals surface area (Å²) in [4.78, 5) is 55.1. The number of fused-ring (bicyclic) bond motifs is 1. The number of amides is 2. The number of Topliss-reactive ketones (excluding diaryl/α,β-unsaturated/α-hetero) is 1. The summed E-state index contributed by atoms with van der Waals surface area (Å²) in [5.41, 5.74) is 7.29. The molecule has 0 fully saturated rings. The Morgan fingerprint density at radius 1 is 1.02 bits per heavy atom. The third-order valence-corrected chi connectivity index (χ3v) is 8.85. The zero-order chi connectivity index (χ0) is 32.7. The fourth-order valence-corrected chi connectivity index (χ4v) is 6.31. The van der Waals surface area contributed by atoms with Gasteiger partial charge in [-0.15, -0.1) is 0 Å². The lowest BCUT2D eigenvalue weighted by Crippen LogP contribution is -2.41. The summed E-state index contributed by atoms with van der Waals surface area (Å²) in [6, 6.07) is 16.6. The molecule has 1 aliphatic heterocycles. The van der Waals surface area contributed by atoms with E-state index in [-0.39, 0.29) is 28.3 Å². The van der Waals surface area contributed by atoms with E-state index < -0.39 is 45.1 Å². The van der Waals surface area contributed by atoms with Crippen LogP contribution in [0.25, 0.3) is 11.3 Å². The van der Waals surface area contributed by atoms with Gasteiger partial charge in [0.25, 0.3) is 15.9 Å². The highest BCUT2D eigenvalue weighted by molar-refractivity contribution is 7.90. The molecule has 5 rings (SSSR count). The minimum absolute atomic E-state index is 0.0732. The van der Waals surface area contributed by atoms with Crippen molar-refractivity contribution in [2.45, 2.75) is 50.7 Å². The van der Waals surface area contributed by atoms with Crippen molar-refractivity contribution in [3.63, 3.8) is 0 Å². The number of carbonyl (C=O) groups is 3. The third kappa shape index (κ3) is 6.38. The number of ketones is 1. The van der Waals surface area contributed by atoms with Crippen LogP contribution in [0.2, 0.25) is 0 Å². The number of rotatable bonds is 7. The van der Waals surface area contributed by atoms with Crippen molar-refractivity contribution >= 4 is 39.2 Å². The molecule has 0 radical (unpaired) electrons. The molecule has 234 valence electrons. The summed E-state index contributed by atoms with van der Waals surface area (Å²) in [7, 11) is -4.23. The Balaban J connectivity index is 1.33. The van der Waals surface area contributed by atoms with Gasteiger partial charge in [-0.05, 0) is 75.6 Å². The van der Waals surface area contributed by atoms with Gasteiger partial charge in [-0.3, -0.25) is 9.59 Å². The minimum atomic E-state index is -4.23. The fraction of sp³-hybridized carbons (Fsp3) is 0.250. The molecule has 3 aromatic carbocycles. The van der Waals surface area contributed by atoms with Crippen LogP contribution < -0.4 is 21.6 Å². The molecule has 13 heteroatoms. The Morgan fingerprint density at radius 3 is 2.40 bits per heavy atom. The monoisotopic (exact) mass is 631 g/mol. The standard InChI is InChI=1S/C32H33N5O7S/c1-19(34-31(41)44-32(2,3)4)28(38)22-10-12-24(25(33)17-22)29(39)36-15-14-21-16-23(11-13-27(21)36)45(42,43)37-18-26(35-30(37)40)20-8-6-5-7-9-20/h5-13,16-19H,14-15,33H2,1-4H3,(H,34,41)(H,35,40)/t19-/m0/s1. The van der Waals surface area contributed by atoms with Gasteiger partial charge in [0.2, 0.25) is 0 Å². The van der Waals surface area contributed by atoms with Crippen LogP contribution in [-0.4, -0.2) is 53.3 Å². The van der Waals surface area contributed by atoms with Crippen molar-refractivity contribution in [2.24, 2.45) is 0 Å². The number of anilines is 2. The molecule has 12 nitrogen and oxygen atoms in total. The molecule has 0 bridgehead atoms. The Labute approximate surface area is 259 Å². The van der Waals surface area contributed by atoms with Gasteiger partial charge in [-0.25, -0.2) is 18.0 Å². The normalized spacial score (nSPS) is 13.6. The molecule has 0 aliphatic carbocycles. The van der Waals surface area contributed by atoms with E-state index in [2.05, 4.69) is 10.3 Å². The van der Waals surface area contributed by atoms with Gasteiger partial charge in [0, 0.05) is 23.5 Å². The number of imidazole rings is 1. The molecule has 1 atom stereocenters. The molecular weight excluding hydrogens is 598 g/mol. The van der Waals surface area contributed by atoms with Gasteiger partial charge < -0.3 is 25.7 Å². The average Bonchev–Trinajstić information content (AvgIpc) is 3.59. The number of hydrogen-bond acceptors (Lipinski definition) is 8. The molecule has 2 heterocycles. The number of nitrogens with zero attached hydrogens (tertiary/aromatic N) is 2. The predicted molar refractivity (Wildman–Crippen MR) is 169 cm³/mol. The van der Waals surface area contributed by atoms with Crippen molar-refractivity contribution in [1.82, 2.24) is 14.3 Å². The fourth-order valence-electron chi connectivity index (χ4n) is 5.04. The molecule has 1 aliphatic rings. The molecule has 1 aromatic heterocycles. The van der Waals surface area contributed by atoms with E-state index in [1.54, 1.807) is 45.0 Å². The summed E-state index contributed by atoms with van der Waals surface area (Å²) < 4.78 is 32.7. The van der Waals surface area contributed by atoms with Gasteiger partial charge >= 0.3 is 11.8 Å². The van der Waals surface area contributed by atoms with E-state index in [0.29, 0.717) is 32.9 Å². The van der Waals surface area contributed by atoms with Crippen LogP contribution >= 0.6 is 0 Å². The second-order valence-corrected chi connectivity index (χ2v) is 13.5. The number of ether oxygens (including phenoxy) is 1. The molecule has 0 spiro atoms. The van der Waals surface area contributed by atoms with E-state index in [0.717, 1.165) is 0 Å². The summed E-state index contributed by atoms with van der Waals surface area (Å²) >= 11 is 0. The first-order valence-electron chi connectivity index (χ1n) is 14.2. The van der Waals surface area contributed by atoms with E-state index in [9.17, 15) is 27.6 Å². The van der Waals surface area contributed by atoms with Gasteiger partial charge in [-0.1, -0.05) is 36.4 Å². The number of nitrogen functional groups attached to an aromatic ring is 1. The van der Waals surface area contributed by atoms with Gasteiger partial charge in [-0.2, -0.15) is 3.97 Å². The van der Waals surface area contributed by atoms with Crippen LogP contribution in [0.5, 0.6) is 0 Å². The number of nitrogens with one attached hydrogen (secondary N) is 2. The number of carbonyl (C=O) groups excluding carboxylic acids is 3. The van der Waals surface area contributed by atoms with Crippen LogP contribution in [0.4, 0.5) is 16.2 Å². The molecular formula is C32H33N5O7S. The SMILES string of the molecule is C[C@H](NC(=O)OC(C)(C)C)C(=O)c1ccc(C(=O)N2CCc3cc(S(=O)(=O)n4cc(-c5ccccc5)[nH]c4=O)ccc32)c(N)c1.